The number of hydrogen-bond acceptors (Lipinski definition) is 6. The number of carbonyl (C=O) groups is 1. The van der Waals surface area contributed by atoms with Crippen molar-refractivity contribution in [2.24, 2.45) is 5.92 Å². The van der Waals surface area contributed by atoms with Crippen LogP contribution in [0.15, 0.2) is 83.5 Å². The molecule has 0 aliphatic carbocycles. The number of carbonyl (C=O) groups excluding carboxylic acids is 1. The lowest BCUT2D eigenvalue weighted by atomic mass is 9.88. The number of aliphatic hydroxyl groups is 1. The largest absolute Gasteiger partial charge is 0.593 e. The lowest BCUT2D eigenvalue weighted by Gasteiger charge is -2.30. The minimum absolute atomic E-state index is 0.187. The fourth-order valence-corrected chi connectivity index (χ4v) is 4.98. The number of fused-ring (bicyclic) bond motifs is 1. The summed E-state index contributed by atoms with van der Waals surface area (Å²) in [4.78, 5) is 17.5. The van der Waals surface area contributed by atoms with Gasteiger partial charge in [-0.15, -0.1) is 0 Å². The number of hydrogen-bond donors (Lipinski definition) is 2. The van der Waals surface area contributed by atoms with Gasteiger partial charge < -0.3 is 18.8 Å². The van der Waals surface area contributed by atoms with Crippen molar-refractivity contribution in [2.75, 3.05) is 6.61 Å². The smallest absolute Gasteiger partial charge is 0.292 e. The molecular weight excluding hydrogens is 500 g/mol. The average Bonchev–Trinajstić information content (AvgIpc) is 3.38. The zero-order valence-electron chi connectivity index (χ0n) is 21.5. The molecule has 1 aliphatic heterocycles. The van der Waals surface area contributed by atoms with Crippen LogP contribution >= 0.6 is 0 Å². The Kier molecular flexibility index (Phi) is 7.29. The van der Waals surface area contributed by atoms with Crippen molar-refractivity contribution in [2.45, 2.75) is 38.0 Å². The minimum atomic E-state index is -1.54. The van der Waals surface area contributed by atoms with Crippen LogP contribution in [0.25, 0.3) is 22.6 Å². The van der Waals surface area contributed by atoms with E-state index in [9.17, 15) is 14.5 Å². The molecule has 3 atom stereocenters. The van der Waals surface area contributed by atoms with Gasteiger partial charge in [-0.3, -0.25) is 4.79 Å². The van der Waals surface area contributed by atoms with Gasteiger partial charge in [0.05, 0.1) is 35.3 Å². The van der Waals surface area contributed by atoms with Crippen LogP contribution in [-0.2, 0) is 17.8 Å². The van der Waals surface area contributed by atoms with E-state index in [4.69, 9.17) is 9.15 Å². The summed E-state index contributed by atoms with van der Waals surface area (Å²) >= 11 is -1.54. The summed E-state index contributed by atoms with van der Waals surface area (Å²) in [5.41, 5.74) is 4.22. The predicted octanol–water partition coefficient (Wildman–Crippen LogP) is 5.49. The molecule has 1 aliphatic rings. The van der Waals surface area contributed by atoms with E-state index in [1.807, 2.05) is 60.7 Å². The molecule has 3 aromatic carbocycles. The van der Waals surface area contributed by atoms with Gasteiger partial charge in [-0.1, -0.05) is 48.5 Å². The fourth-order valence-electron chi connectivity index (χ4n) is 4.39. The Bertz CT molecular complexity index is 1430. The van der Waals surface area contributed by atoms with Crippen molar-refractivity contribution in [1.29, 1.82) is 0 Å². The van der Waals surface area contributed by atoms with Gasteiger partial charge in [-0.25, -0.2) is 4.98 Å². The molecule has 2 unspecified atom stereocenters. The molecule has 4 aromatic rings. The molecule has 0 saturated carbocycles. The molecule has 0 saturated heterocycles. The maximum atomic E-state index is 13.0. The van der Waals surface area contributed by atoms with E-state index in [2.05, 4.69) is 9.71 Å². The zero-order chi connectivity index (χ0) is 26.9. The molecule has 1 aromatic heterocycles. The highest BCUT2D eigenvalue weighted by Crippen LogP contribution is 2.40. The molecule has 196 valence electrons. The number of nitrogens with zero attached hydrogens (tertiary/aromatic N) is 1. The Morgan fingerprint density at radius 2 is 1.82 bits per heavy atom. The summed E-state index contributed by atoms with van der Waals surface area (Å²) in [6.07, 6.45) is 1.40. The first-order valence-electron chi connectivity index (χ1n) is 12.5. The number of amides is 1. The van der Waals surface area contributed by atoms with E-state index in [1.54, 1.807) is 39.2 Å². The zero-order valence-corrected chi connectivity index (χ0v) is 22.3. The normalized spacial score (nSPS) is 17.8. The van der Waals surface area contributed by atoms with Gasteiger partial charge in [0, 0.05) is 23.5 Å². The number of nitrogens with one attached hydrogen (secondary N) is 1. The molecule has 5 rings (SSSR count). The summed E-state index contributed by atoms with van der Waals surface area (Å²) in [6, 6.07) is 22.4. The molecular formula is C30H30N2O5S. The minimum Gasteiger partial charge on any atom is -0.593 e. The molecule has 0 spiro atoms. The van der Waals surface area contributed by atoms with E-state index in [0.29, 0.717) is 41.4 Å². The number of benzene rings is 3. The third-order valence-corrected chi connectivity index (χ3v) is 7.98. The first kappa shape index (κ1) is 26.0. The second-order valence-corrected chi connectivity index (χ2v) is 12.3. The third-order valence-electron chi connectivity index (χ3n) is 6.50. The van der Waals surface area contributed by atoms with E-state index >= 15 is 0 Å². The van der Waals surface area contributed by atoms with Crippen LogP contribution < -0.4 is 9.46 Å². The van der Waals surface area contributed by atoms with Crippen LogP contribution in [0.3, 0.4) is 0 Å². The van der Waals surface area contributed by atoms with E-state index in [0.717, 1.165) is 16.8 Å². The first-order valence-corrected chi connectivity index (χ1v) is 13.6. The van der Waals surface area contributed by atoms with Crippen molar-refractivity contribution in [1.82, 2.24) is 9.71 Å². The second kappa shape index (κ2) is 10.6. The molecule has 0 bridgehead atoms. The Hall–Kier alpha value is -3.59. The summed E-state index contributed by atoms with van der Waals surface area (Å²) in [6.45, 7) is 5.73. The molecule has 38 heavy (non-hydrogen) atoms. The first-order chi connectivity index (χ1) is 18.2. The Labute approximate surface area is 225 Å². The quantitative estimate of drug-likeness (QED) is 0.320. The van der Waals surface area contributed by atoms with Crippen molar-refractivity contribution in [3.63, 3.8) is 0 Å². The van der Waals surface area contributed by atoms with Gasteiger partial charge in [-0.05, 0) is 56.2 Å². The average molecular weight is 531 g/mol. The van der Waals surface area contributed by atoms with Gasteiger partial charge in [0.25, 0.3) is 5.91 Å². The lowest BCUT2D eigenvalue weighted by molar-refractivity contribution is 0.0503. The van der Waals surface area contributed by atoms with Crippen molar-refractivity contribution < 1.29 is 23.6 Å². The third kappa shape index (κ3) is 5.48. The highest BCUT2D eigenvalue weighted by atomic mass is 32.2. The van der Waals surface area contributed by atoms with Crippen LogP contribution in [0.5, 0.6) is 5.75 Å². The highest BCUT2D eigenvalue weighted by molar-refractivity contribution is 7.91. The molecule has 8 heteroatoms. The summed E-state index contributed by atoms with van der Waals surface area (Å²) in [7, 11) is 0. The van der Waals surface area contributed by atoms with Gasteiger partial charge >= 0.3 is 0 Å². The highest BCUT2D eigenvalue weighted by Gasteiger charge is 2.32. The number of aliphatic hydroxyl groups excluding tert-OH is 1. The predicted molar refractivity (Wildman–Crippen MR) is 147 cm³/mol. The topological polar surface area (TPSA) is 108 Å². The van der Waals surface area contributed by atoms with E-state index in [-0.39, 0.29) is 5.92 Å². The molecule has 0 fully saturated rings. The van der Waals surface area contributed by atoms with Gasteiger partial charge in [0.1, 0.15) is 16.8 Å². The Balaban J connectivity index is 1.33. The van der Waals surface area contributed by atoms with Crippen molar-refractivity contribution in [3.8, 4) is 28.3 Å². The van der Waals surface area contributed by atoms with E-state index < -0.39 is 28.1 Å². The van der Waals surface area contributed by atoms with Crippen LogP contribution in [0, 0.1) is 5.92 Å². The number of oxazole rings is 1. The SMILES string of the molecule is CC(C)(C)[S+]([O-])NC(=O)c1ccccc1-c1ccc2c(c1)OC[C@@H](Cc1coc(-c3ccccc3)n1)C2O. The number of ether oxygens (including phenoxy) is 1. The second-order valence-electron chi connectivity index (χ2n) is 10.3. The lowest BCUT2D eigenvalue weighted by Crippen LogP contribution is -2.42. The maximum absolute atomic E-state index is 13.0. The summed E-state index contributed by atoms with van der Waals surface area (Å²) in [5, 5.41) is 11.1. The van der Waals surface area contributed by atoms with Crippen molar-refractivity contribution >= 4 is 17.3 Å². The van der Waals surface area contributed by atoms with Gasteiger partial charge in [0.2, 0.25) is 5.89 Å². The van der Waals surface area contributed by atoms with Gasteiger partial charge in [-0.2, -0.15) is 4.72 Å². The van der Waals surface area contributed by atoms with Crippen LogP contribution in [0.4, 0.5) is 0 Å². The number of aromatic nitrogens is 1. The summed E-state index contributed by atoms with van der Waals surface area (Å²) in [5.74, 6) is 0.526. The fraction of sp³-hybridized carbons (Fsp3) is 0.267. The molecule has 2 heterocycles. The standard InChI is InChI=1S/C30H30N2O5S/c1-30(2,3)38(35)32-28(34)24-12-8-7-11-23(24)20-13-14-25-26(16-20)36-17-21(27(25)33)15-22-18-37-29(31-22)19-9-5-4-6-10-19/h4-14,16,18,21,27,33H,15,17H2,1-3H3,(H,32,34)/t21-,27?,38?/m1/s1. The number of rotatable bonds is 6. The molecule has 1 amide bonds. The Morgan fingerprint density at radius 3 is 2.58 bits per heavy atom. The maximum Gasteiger partial charge on any atom is 0.292 e. The van der Waals surface area contributed by atoms with Crippen LogP contribution in [0.1, 0.15) is 48.5 Å². The van der Waals surface area contributed by atoms with E-state index in [1.165, 1.54) is 0 Å². The monoisotopic (exact) mass is 530 g/mol. The summed E-state index contributed by atoms with van der Waals surface area (Å²) < 4.78 is 26.2. The van der Waals surface area contributed by atoms with Crippen molar-refractivity contribution in [3.05, 3.63) is 95.9 Å². The Morgan fingerprint density at radius 1 is 1.08 bits per heavy atom. The molecule has 7 nitrogen and oxygen atoms in total. The van der Waals surface area contributed by atoms with Crippen LogP contribution in [0.2, 0.25) is 0 Å². The molecule has 0 radical (unpaired) electrons. The molecule has 2 N–H and O–H groups in total. The van der Waals surface area contributed by atoms with Crippen LogP contribution in [-0.4, -0.2) is 31.9 Å². The van der Waals surface area contributed by atoms with Gasteiger partial charge in [0.15, 0.2) is 0 Å².